The van der Waals surface area contributed by atoms with Crippen LogP contribution in [0.2, 0.25) is 0 Å². The molecule has 202 valence electrons. The van der Waals surface area contributed by atoms with Crippen molar-refractivity contribution >= 4 is 23.4 Å². The van der Waals surface area contributed by atoms with Crippen LogP contribution < -0.4 is 5.73 Å². The van der Waals surface area contributed by atoms with E-state index in [4.69, 9.17) is 10.5 Å². The highest BCUT2D eigenvalue weighted by Crippen LogP contribution is 2.52. The van der Waals surface area contributed by atoms with E-state index >= 15 is 0 Å². The van der Waals surface area contributed by atoms with E-state index in [0.717, 1.165) is 0 Å². The molecule has 3 aliphatic rings. The van der Waals surface area contributed by atoms with Crippen LogP contribution in [0.25, 0.3) is 11.1 Å². The van der Waals surface area contributed by atoms with Gasteiger partial charge in [-0.3, -0.25) is 14.4 Å². The molecule has 0 aliphatic heterocycles. The van der Waals surface area contributed by atoms with Gasteiger partial charge in [0.15, 0.2) is 11.4 Å². The Kier molecular flexibility index (Phi) is 6.10. The summed E-state index contributed by atoms with van der Waals surface area (Å²) < 4.78 is 5.29. The normalized spacial score (nSPS) is 24.3. The number of phenolic OH excluding ortho intramolecular Hbond substituents is 1. The first-order valence-corrected chi connectivity index (χ1v) is 12.5. The molecule has 0 unspecified atom stereocenters. The fourth-order valence-electron chi connectivity index (χ4n) is 5.99. The van der Waals surface area contributed by atoms with Gasteiger partial charge in [0.05, 0.1) is 17.2 Å². The number of aromatic hydroxyl groups is 1. The molecule has 2 aromatic carbocycles. The Hall–Kier alpha value is -4.44. The molecule has 0 saturated carbocycles. The highest BCUT2D eigenvalue weighted by molar-refractivity contribution is 6.24. The molecule has 0 fully saturated rings. The molecule has 1 amide bonds. The predicted octanol–water partition coefficient (Wildman–Crippen LogP) is 2.81. The zero-order valence-corrected chi connectivity index (χ0v) is 21.2. The quantitative estimate of drug-likeness (QED) is 0.291. The summed E-state index contributed by atoms with van der Waals surface area (Å²) in [5, 5.41) is 43.5. The average molecular weight is 534 g/mol. The number of phenols is 1. The second-order valence-electron chi connectivity index (χ2n) is 10.4. The molecule has 3 atom stereocenters. The van der Waals surface area contributed by atoms with E-state index in [9.17, 15) is 39.6 Å². The summed E-state index contributed by atoms with van der Waals surface area (Å²) in [6.45, 7) is 3.47. The summed E-state index contributed by atoms with van der Waals surface area (Å²) in [6, 6.07) is 9.60. The Morgan fingerprint density at radius 3 is 2.46 bits per heavy atom. The van der Waals surface area contributed by atoms with Crippen molar-refractivity contribution in [3.05, 3.63) is 75.8 Å². The van der Waals surface area contributed by atoms with Gasteiger partial charge < -0.3 is 30.9 Å². The number of aliphatic hydroxyl groups excluding tert-OH is 2. The lowest BCUT2D eigenvalue weighted by Gasteiger charge is -2.45. The zero-order valence-electron chi connectivity index (χ0n) is 21.2. The lowest BCUT2D eigenvalue weighted by Crippen LogP contribution is -2.57. The van der Waals surface area contributed by atoms with Crippen molar-refractivity contribution in [3.63, 3.8) is 0 Å². The molecule has 5 rings (SSSR count). The molecule has 6 N–H and O–H groups in total. The number of primary amides is 1. The van der Waals surface area contributed by atoms with Gasteiger partial charge in [-0.05, 0) is 67.5 Å². The number of fused-ring (bicyclic) bond motifs is 3. The standard InChI is InChI=1S/C29H27NO9/c1-12(2)39-28(37)14-5-3-4-13(8-14)17-6-7-19(31)22-18(17)10-15-9-16-11-20(32)23(27(30)36)26(35)29(16,38)25(34)21(15)24(22)33/h3-8,12,15-16,31-32,34,38H,9-11H2,1-2H3,(H2,30,36)/t15-,16+,29+/m1/s1. The molecule has 39 heavy (non-hydrogen) atoms. The van der Waals surface area contributed by atoms with E-state index in [1.54, 1.807) is 44.2 Å². The maximum Gasteiger partial charge on any atom is 0.338 e. The Balaban J connectivity index is 1.63. The third-order valence-corrected chi connectivity index (χ3v) is 7.70. The van der Waals surface area contributed by atoms with Crippen molar-refractivity contribution < 1.29 is 44.3 Å². The predicted molar refractivity (Wildman–Crippen MR) is 137 cm³/mol. The van der Waals surface area contributed by atoms with E-state index in [1.807, 2.05) is 0 Å². The van der Waals surface area contributed by atoms with Crippen LogP contribution in [0.1, 0.15) is 53.0 Å². The van der Waals surface area contributed by atoms with Gasteiger partial charge in [0, 0.05) is 17.9 Å². The lowest BCUT2D eigenvalue weighted by atomic mass is 9.60. The molecule has 0 spiro atoms. The Labute approximate surface area is 223 Å². The Morgan fingerprint density at radius 2 is 1.79 bits per heavy atom. The number of hydrogen-bond acceptors (Lipinski definition) is 9. The molecule has 3 aliphatic carbocycles. The highest BCUT2D eigenvalue weighted by Gasteiger charge is 2.59. The number of aliphatic hydroxyl groups is 3. The molecule has 0 bridgehead atoms. The molecule has 0 saturated heterocycles. The number of benzene rings is 2. The Bertz CT molecular complexity index is 1530. The first-order chi connectivity index (χ1) is 18.4. The maximum absolute atomic E-state index is 13.7. The topological polar surface area (TPSA) is 184 Å². The van der Waals surface area contributed by atoms with Crippen LogP contribution in [0.5, 0.6) is 5.75 Å². The summed E-state index contributed by atoms with van der Waals surface area (Å²) in [4.78, 5) is 51.1. The minimum Gasteiger partial charge on any atom is -0.511 e. The number of esters is 1. The number of Topliss-reactive ketones (excluding diaryl/α,β-unsaturated/α-hetero) is 2. The third-order valence-electron chi connectivity index (χ3n) is 7.70. The van der Waals surface area contributed by atoms with E-state index in [-0.39, 0.29) is 42.3 Å². The van der Waals surface area contributed by atoms with Crippen molar-refractivity contribution in [2.45, 2.75) is 44.8 Å². The average Bonchev–Trinajstić information content (AvgIpc) is 2.86. The van der Waals surface area contributed by atoms with Crippen molar-refractivity contribution in [3.8, 4) is 16.9 Å². The molecule has 10 heteroatoms. The molecule has 0 heterocycles. The molecule has 0 aromatic heterocycles. The summed E-state index contributed by atoms with van der Waals surface area (Å²) in [6.07, 6.45) is -0.442. The van der Waals surface area contributed by atoms with Gasteiger partial charge in [-0.15, -0.1) is 0 Å². The number of ether oxygens (including phenoxy) is 1. The van der Waals surface area contributed by atoms with Crippen LogP contribution in [0, 0.1) is 11.8 Å². The number of nitrogens with two attached hydrogens (primary N) is 1. The minimum atomic E-state index is -2.62. The molecule has 10 nitrogen and oxygen atoms in total. The number of amides is 1. The SMILES string of the molecule is CC(C)OC(=O)c1cccc(-c2ccc(O)c3c2C[C@H]2C[C@H]4CC(O)=C(C(N)=O)C(=O)[C@@]4(O)C(O)=C2C3=O)c1. The number of carbonyl (C=O) groups excluding carboxylic acids is 4. The molecular formula is C29H27NO9. The van der Waals surface area contributed by atoms with Gasteiger partial charge in [-0.2, -0.15) is 0 Å². The third kappa shape index (κ3) is 3.90. The molecular weight excluding hydrogens is 506 g/mol. The Morgan fingerprint density at radius 1 is 1.08 bits per heavy atom. The summed E-state index contributed by atoms with van der Waals surface area (Å²) in [7, 11) is 0. The van der Waals surface area contributed by atoms with E-state index < -0.39 is 58.0 Å². The number of hydrogen-bond donors (Lipinski definition) is 5. The smallest absolute Gasteiger partial charge is 0.338 e. The number of rotatable bonds is 4. The van der Waals surface area contributed by atoms with Crippen LogP contribution in [0.4, 0.5) is 0 Å². The van der Waals surface area contributed by atoms with Crippen molar-refractivity contribution in [2.75, 3.05) is 0 Å². The summed E-state index contributed by atoms with van der Waals surface area (Å²) in [5.41, 5.74) is 3.41. The van der Waals surface area contributed by atoms with Gasteiger partial charge >= 0.3 is 5.97 Å². The second kappa shape index (κ2) is 9.09. The van der Waals surface area contributed by atoms with Crippen molar-refractivity contribution in [1.82, 2.24) is 0 Å². The fourth-order valence-corrected chi connectivity index (χ4v) is 5.99. The zero-order chi connectivity index (χ0) is 28.4. The maximum atomic E-state index is 13.7. The second-order valence-corrected chi connectivity index (χ2v) is 10.4. The minimum absolute atomic E-state index is 0.0266. The van der Waals surface area contributed by atoms with E-state index in [1.165, 1.54) is 6.07 Å². The van der Waals surface area contributed by atoms with E-state index in [0.29, 0.717) is 22.3 Å². The van der Waals surface area contributed by atoms with Gasteiger partial charge in [0.25, 0.3) is 5.91 Å². The first-order valence-electron chi connectivity index (χ1n) is 12.5. The van der Waals surface area contributed by atoms with Crippen molar-refractivity contribution in [1.29, 1.82) is 0 Å². The van der Waals surface area contributed by atoms with Gasteiger partial charge in [0.1, 0.15) is 22.8 Å². The largest absolute Gasteiger partial charge is 0.511 e. The number of ketones is 2. The van der Waals surface area contributed by atoms with Crippen LogP contribution in [-0.2, 0) is 20.7 Å². The summed E-state index contributed by atoms with van der Waals surface area (Å²) in [5.74, 6) is -7.34. The van der Waals surface area contributed by atoms with Crippen molar-refractivity contribution in [2.24, 2.45) is 17.6 Å². The fraction of sp³-hybridized carbons (Fsp3) is 0.310. The van der Waals surface area contributed by atoms with Crippen LogP contribution in [-0.4, -0.2) is 55.6 Å². The van der Waals surface area contributed by atoms with Crippen LogP contribution in [0.15, 0.2) is 59.1 Å². The van der Waals surface area contributed by atoms with Gasteiger partial charge in [0.2, 0.25) is 5.78 Å². The summed E-state index contributed by atoms with van der Waals surface area (Å²) >= 11 is 0. The molecule has 0 radical (unpaired) electrons. The number of carbonyl (C=O) groups is 4. The van der Waals surface area contributed by atoms with Crippen LogP contribution >= 0.6 is 0 Å². The van der Waals surface area contributed by atoms with Crippen LogP contribution in [0.3, 0.4) is 0 Å². The highest BCUT2D eigenvalue weighted by atomic mass is 16.5. The monoisotopic (exact) mass is 533 g/mol. The number of allylic oxidation sites excluding steroid dienone is 2. The molecule has 2 aromatic rings. The lowest BCUT2D eigenvalue weighted by molar-refractivity contribution is -0.144. The first kappa shape index (κ1) is 26.2. The van der Waals surface area contributed by atoms with Gasteiger partial charge in [-0.1, -0.05) is 18.2 Å². The van der Waals surface area contributed by atoms with E-state index in [2.05, 4.69) is 0 Å². The van der Waals surface area contributed by atoms with Gasteiger partial charge in [-0.25, -0.2) is 4.79 Å².